The number of benzene rings is 4. The van der Waals surface area contributed by atoms with Crippen molar-refractivity contribution in [1.29, 1.82) is 0 Å². The normalized spacial score (nSPS) is 18.7. The second-order valence-corrected chi connectivity index (χ2v) is 14.5. The number of nitrogens with zero attached hydrogens (tertiary/aromatic N) is 3. The molecule has 3 heterocycles. The molecule has 0 spiro atoms. The molecular weight excluding hydrogens is 696 g/mol. The van der Waals surface area contributed by atoms with Gasteiger partial charge in [-0.3, -0.25) is 23.7 Å². The van der Waals surface area contributed by atoms with Gasteiger partial charge in [-0.1, -0.05) is 87.6 Å². The van der Waals surface area contributed by atoms with Crippen LogP contribution in [0, 0.1) is 5.92 Å². The van der Waals surface area contributed by atoms with E-state index in [9.17, 15) is 19.2 Å². The number of fused-ring (bicyclic) bond motifs is 3. The summed E-state index contributed by atoms with van der Waals surface area (Å²) in [6.07, 6.45) is 0. The largest absolute Gasteiger partial charge is 0.372 e. The van der Waals surface area contributed by atoms with Crippen LogP contribution in [0.4, 0.5) is 17.1 Å². The van der Waals surface area contributed by atoms with Crippen molar-refractivity contribution in [2.75, 3.05) is 28.2 Å². The summed E-state index contributed by atoms with van der Waals surface area (Å²) in [4.78, 5) is 59.2. The Hall–Kier alpha value is -4.19. The Morgan fingerprint density at radius 3 is 2.30 bits per heavy atom. The lowest BCUT2D eigenvalue weighted by atomic mass is 9.83. The highest BCUT2D eigenvalue weighted by molar-refractivity contribution is 9.10. The molecule has 7 rings (SSSR count). The molecule has 0 aliphatic carbocycles. The molecule has 1 fully saturated rings. The van der Waals surface area contributed by atoms with Crippen LogP contribution in [-0.4, -0.2) is 40.6 Å². The average molecular weight is 728 g/mol. The van der Waals surface area contributed by atoms with Gasteiger partial charge in [0.2, 0.25) is 17.7 Å². The highest BCUT2D eigenvalue weighted by Crippen LogP contribution is 2.54. The molecule has 2 aliphatic rings. The second-order valence-electron chi connectivity index (χ2n) is 11.5. The van der Waals surface area contributed by atoms with E-state index in [-0.39, 0.29) is 29.1 Å². The number of hydrogen-bond acceptors (Lipinski definition) is 7. The summed E-state index contributed by atoms with van der Waals surface area (Å²) in [5, 5.41) is 4.68. The van der Waals surface area contributed by atoms with Gasteiger partial charge in [0.05, 0.1) is 16.6 Å². The molecule has 2 unspecified atom stereocenters. The van der Waals surface area contributed by atoms with Crippen molar-refractivity contribution < 1.29 is 14.4 Å². The molecule has 5 aromatic rings. The van der Waals surface area contributed by atoms with Gasteiger partial charge in [0.1, 0.15) is 11.8 Å². The third kappa shape index (κ3) is 5.60. The first-order chi connectivity index (χ1) is 22.8. The maximum absolute atomic E-state index is 14.2. The molecule has 0 radical (unpaired) electrons. The molecule has 238 valence electrons. The number of thiazole rings is 1. The van der Waals surface area contributed by atoms with Gasteiger partial charge in [0.15, 0.2) is 0 Å². The Kier molecular flexibility index (Phi) is 8.54. The molecule has 0 saturated carbocycles. The van der Waals surface area contributed by atoms with E-state index in [4.69, 9.17) is 0 Å². The van der Waals surface area contributed by atoms with Gasteiger partial charge in [0.25, 0.3) is 0 Å². The number of anilines is 3. The van der Waals surface area contributed by atoms with E-state index in [1.54, 1.807) is 24.3 Å². The minimum Gasteiger partial charge on any atom is -0.372 e. The van der Waals surface area contributed by atoms with E-state index < -0.39 is 17.1 Å². The molecule has 1 saturated heterocycles. The number of thioether (sulfide) groups is 1. The maximum atomic E-state index is 14.2. The Labute approximate surface area is 288 Å². The first-order valence-corrected chi connectivity index (χ1v) is 17.9. The van der Waals surface area contributed by atoms with Gasteiger partial charge >= 0.3 is 4.87 Å². The number of hydrogen-bond donors (Lipinski definition) is 1. The fourth-order valence-corrected chi connectivity index (χ4v) is 9.65. The Bertz CT molecular complexity index is 2070. The first kappa shape index (κ1) is 31.4. The third-order valence-corrected chi connectivity index (χ3v) is 12.0. The molecule has 1 aromatic heterocycles. The third-order valence-electron chi connectivity index (χ3n) is 8.88. The van der Waals surface area contributed by atoms with Gasteiger partial charge < -0.3 is 10.2 Å². The van der Waals surface area contributed by atoms with Crippen molar-refractivity contribution in [2.24, 2.45) is 5.92 Å². The summed E-state index contributed by atoms with van der Waals surface area (Å²) >= 11 is 5.70. The molecule has 8 nitrogen and oxygen atoms in total. The smallest absolute Gasteiger partial charge is 0.308 e. The zero-order valence-electron chi connectivity index (χ0n) is 25.7. The summed E-state index contributed by atoms with van der Waals surface area (Å²) in [7, 11) is 0. The molecule has 0 bridgehead atoms. The Morgan fingerprint density at radius 2 is 1.57 bits per heavy atom. The lowest BCUT2D eigenvalue weighted by molar-refractivity contribution is -0.122. The van der Waals surface area contributed by atoms with Gasteiger partial charge in [-0.2, -0.15) is 0 Å². The van der Waals surface area contributed by atoms with Crippen LogP contribution >= 0.6 is 39.0 Å². The SMILES string of the molecule is CCN(CC)c1ccc([C@H]2c3sc(=O)n(CC(=O)Nc4cccc5ccccc45)c3SC3C(=O)N(c4ccc(Br)cc4)C(=O)C32)cc1. The zero-order valence-corrected chi connectivity index (χ0v) is 28.9. The number of imide groups is 1. The number of nitrogens with one attached hydrogen (secondary N) is 1. The maximum Gasteiger partial charge on any atom is 0.308 e. The number of carbonyl (C=O) groups is 3. The highest BCUT2D eigenvalue weighted by Gasteiger charge is 2.56. The summed E-state index contributed by atoms with van der Waals surface area (Å²) in [5.74, 6) is -2.21. The standard InChI is InChI=1S/C36H31BrN4O4S2/c1-3-39(4-2)24-16-12-22(13-17-24)29-30-31(34(44)41(33(30)43)25-18-14-23(37)15-19-25)46-35-32(29)47-36(45)40(35)20-28(42)38-27-11-7-9-21-8-5-6-10-26(21)27/h5-19,29-31H,3-4,20H2,1-2H3,(H,38,42)/t29-,30?,31?/m1/s1. The van der Waals surface area contributed by atoms with Crippen molar-refractivity contribution in [3.63, 3.8) is 0 Å². The minimum absolute atomic E-state index is 0.218. The predicted molar refractivity (Wildman–Crippen MR) is 193 cm³/mol. The summed E-state index contributed by atoms with van der Waals surface area (Å²) in [6.45, 7) is 5.69. The van der Waals surface area contributed by atoms with Crippen molar-refractivity contribution in [1.82, 2.24) is 4.57 Å². The zero-order chi connectivity index (χ0) is 32.8. The molecule has 3 amide bonds. The van der Waals surface area contributed by atoms with Crippen LogP contribution in [-0.2, 0) is 20.9 Å². The Balaban J connectivity index is 1.28. The van der Waals surface area contributed by atoms with Crippen LogP contribution in [0.5, 0.6) is 0 Å². The van der Waals surface area contributed by atoms with Gasteiger partial charge in [0, 0.05) is 45.1 Å². The number of halogens is 1. The average Bonchev–Trinajstić information content (AvgIpc) is 3.52. The van der Waals surface area contributed by atoms with E-state index in [0.29, 0.717) is 21.3 Å². The van der Waals surface area contributed by atoms with Crippen LogP contribution < -0.4 is 20.0 Å². The quantitative estimate of drug-likeness (QED) is 0.172. The number of aromatic nitrogens is 1. The first-order valence-electron chi connectivity index (χ1n) is 15.4. The molecule has 2 aliphatic heterocycles. The fourth-order valence-electron chi connectivity index (χ4n) is 6.61. The monoisotopic (exact) mass is 726 g/mol. The molecule has 11 heteroatoms. The summed E-state index contributed by atoms with van der Waals surface area (Å²) in [5.41, 5.74) is 3.07. The minimum atomic E-state index is -0.757. The molecule has 3 atom stereocenters. The molecule has 47 heavy (non-hydrogen) atoms. The summed E-state index contributed by atoms with van der Waals surface area (Å²) < 4.78 is 2.30. The molecular formula is C36H31BrN4O4S2. The van der Waals surface area contributed by atoms with Crippen LogP contribution in [0.1, 0.15) is 30.2 Å². The molecule has 1 N–H and O–H groups in total. The van der Waals surface area contributed by atoms with Gasteiger partial charge in [-0.25, -0.2) is 4.90 Å². The van der Waals surface area contributed by atoms with Gasteiger partial charge in [-0.15, -0.1) is 0 Å². The van der Waals surface area contributed by atoms with E-state index >= 15 is 0 Å². The van der Waals surface area contributed by atoms with Crippen molar-refractivity contribution >= 4 is 84.6 Å². The van der Waals surface area contributed by atoms with E-state index in [0.717, 1.165) is 50.9 Å². The number of amides is 3. The van der Waals surface area contributed by atoms with Crippen LogP contribution in [0.2, 0.25) is 0 Å². The fraction of sp³-hybridized carbons (Fsp3) is 0.222. The lowest BCUT2D eigenvalue weighted by Crippen LogP contribution is -2.33. The van der Waals surface area contributed by atoms with Crippen LogP contribution in [0.3, 0.4) is 0 Å². The van der Waals surface area contributed by atoms with Crippen LogP contribution in [0.15, 0.2) is 105 Å². The number of rotatable bonds is 8. The van der Waals surface area contributed by atoms with Crippen molar-refractivity contribution in [2.45, 2.75) is 36.6 Å². The predicted octanol–water partition coefficient (Wildman–Crippen LogP) is 7.11. The van der Waals surface area contributed by atoms with Gasteiger partial charge in [-0.05, 0) is 67.3 Å². The van der Waals surface area contributed by atoms with Crippen LogP contribution in [0.25, 0.3) is 10.8 Å². The topological polar surface area (TPSA) is 91.7 Å². The van der Waals surface area contributed by atoms with E-state index in [1.807, 2.05) is 66.7 Å². The lowest BCUT2D eigenvalue weighted by Gasteiger charge is -2.31. The Morgan fingerprint density at radius 1 is 0.872 bits per heavy atom. The highest BCUT2D eigenvalue weighted by atomic mass is 79.9. The second kappa shape index (κ2) is 12.8. The van der Waals surface area contributed by atoms with Crippen molar-refractivity contribution in [3.05, 3.63) is 116 Å². The summed E-state index contributed by atoms with van der Waals surface area (Å²) in [6, 6.07) is 28.6. The number of carbonyl (C=O) groups excluding carboxylic acids is 3. The molecule has 4 aromatic carbocycles. The van der Waals surface area contributed by atoms with E-state index in [1.165, 1.54) is 21.2 Å². The van der Waals surface area contributed by atoms with E-state index in [2.05, 4.69) is 40.0 Å². The van der Waals surface area contributed by atoms with Crippen molar-refractivity contribution in [3.8, 4) is 0 Å².